The van der Waals surface area contributed by atoms with E-state index in [9.17, 15) is 18.0 Å². The van der Waals surface area contributed by atoms with Crippen molar-refractivity contribution in [2.75, 3.05) is 25.9 Å². The number of nitrogens with one attached hydrogen (secondary N) is 1. The number of methoxy groups -OCH3 is 1. The molecule has 8 nitrogen and oxygen atoms in total. The number of anilines is 1. The summed E-state index contributed by atoms with van der Waals surface area (Å²) in [7, 11) is 3.26. The normalized spacial score (nSPS) is 22.2. The molecule has 0 unspecified atom stereocenters. The first-order valence-corrected chi connectivity index (χ1v) is 9.62. The molecule has 3 atom stereocenters. The molecule has 0 saturated heterocycles. The van der Waals surface area contributed by atoms with Crippen LogP contribution in [0.25, 0.3) is 10.2 Å². The molecule has 29 heavy (non-hydrogen) atoms. The van der Waals surface area contributed by atoms with Gasteiger partial charge < -0.3 is 24.8 Å². The number of halogens is 3. The van der Waals surface area contributed by atoms with Crippen LogP contribution in [0.3, 0.4) is 0 Å². The topological polar surface area (TPSA) is 96.8 Å². The monoisotopic (exact) mass is 434 g/mol. The Hall–Kier alpha value is -2.18. The fourth-order valence-corrected chi connectivity index (χ4v) is 4.59. The molecule has 2 heterocycles. The first-order chi connectivity index (χ1) is 13.7. The third kappa shape index (κ3) is 5.25. The number of hydrogen-bond donors (Lipinski definition) is 2. The molecular formula is C17H21F3N4O4S. The largest absolute Gasteiger partial charge is 0.465 e. The van der Waals surface area contributed by atoms with Gasteiger partial charge in [-0.25, -0.2) is 14.8 Å². The predicted molar refractivity (Wildman–Crippen MR) is 100 cm³/mol. The third-order valence-corrected chi connectivity index (χ3v) is 5.85. The van der Waals surface area contributed by atoms with Crippen LogP contribution in [-0.4, -0.2) is 66.5 Å². The van der Waals surface area contributed by atoms with Gasteiger partial charge in [0.05, 0.1) is 24.0 Å². The van der Waals surface area contributed by atoms with Crippen LogP contribution in [0.5, 0.6) is 0 Å². The molecule has 1 saturated carbocycles. The summed E-state index contributed by atoms with van der Waals surface area (Å²) >= 11 is 0.990. The lowest BCUT2D eigenvalue weighted by Crippen LogP contribution is -2.40. The highest BCUT2D eigenvalue weighted by molar-refractivity contribution is 7.18. The van der Waals surface area contributed by atoms with Crippen molar-refractivity contribution in [1.82, 2.24) is 15.3 Å². The number of ether oxygens (including phenoxy) is 2. The highest BCUT2D eigenvalue weighted by atomic mass is 32.1. The maximum atomic E-state index is 12.7. The van der Waals surface area contributed by atoms with E-state index in [1.54, 1.807) is 7.05 Å². The van der Waals surface area contributed by atoms with E-state index in [4.69, 9.17) is 14.6 Å². The molecule has 12 heteroatoms. The molecule has 1 amide bonds. The van der Waals surface area contributed by atoms with Gasteiger partial charge in [-0.2, -0.15) is 13.2 Å². The minimum atomic E-state index is -4.30. The molecule has 160 valence electrons. The zero-order valence-corrected chi connectivity index (χ0v) is 16.6. The summed E-state index contributed by atoms with van der Waals surface area (Å²) in [6.07, 6.45) is -4.56. The lowest BCUT2D eigenvalue weighted by atomic mass is 10.2. The van der Waals surface area contributed by atoms with Crippen LogP contribution in [-0.2, 0) is 15.9 Å². The number of fused-ring (bicyclic) bond motifs is 1. The van der Waals surface area contributed by atoms with E-state index in [0.29, 0.717) is 28.9 Å². The zero-order valence-electron chi connectivity index (χ0n) is 15.8. The van der Waals surface area contributed by atoms with Gasteiger partial charge in [0.2, 0.25) is 0 Å². The van der Waals surface area contributed by atoms with Crippen molar-refractivity contribution in [1.29, 1.82) is 0 Å². The molecule has 0 aliphatic heterocycles. The van der Waals surface area contributed by atoms with Crippen LogP contribution in [0.4, 0.5) is 23.8 Å². The third-order valence-electron chi connectivity index (χ3n) is 4.80. The van der Waals surface area contributed by atoms with Crippen molar-refractivity contribution < 1.29 is 32.5 Å². The summed E-state index contributed by atoms with van der Waals surface area (Å²) in [5.41, 5.74) is 0. The van der Waals surface area contributed by atoms with Gasteiger partial charge in [0, 0.05) is 25.1 Å². The van der Waals surface area contributed by atoms with Gasteiger partial charge in [-0.15, -0.1) is 11.3 Å². The van der Waals surface area contributed by atoms with Gasteiger partial charge in [-0.05, 0) is 18.9 Å². The maximum absolute atomic E-state index is 12.7. The Labute approximate surface area is 168 Å². The van der Waals surface area contributed by atoms with Crippen LogP contribution < -0.4 is 10.2 Å². The van der Waals surface area contributed by atoms with E-state index in [0.717, 1.165) is 11.3 Å². The molecular weight excluding hydrogens is 413 g/mol. The average Bonchev–Trinajstić information content (AvgIpc) is 3.20. The zero-order chi connectivity index (χ0) is 21.2. The number of amides is 1. The van der Waals surface area contributed by atoms with Crippen molar-refractivity contribution in [2.45, 2.75) is 43.6 Å². The summed E-state index contributed by atoms with van der Waals surface area (Å²) < 4.78 is 48.8. The van der Waals surface area contributed by atoms with Crippen LogP contribution in [0.2, 0.25) is 0 Å². The number of nitrogens with zero attached hydrogens (tertiary/aromatic N) is 3. The second-order valence-corrected chi connectivity index (χ2v) is 7.94. The average molecular weight is 434 g/mol. The Kier molecular flexibility index (Phi) is 6.44. The summed E-state index contributed by atoms with van der Waals surface area (Å²) in [5.74, 6) is 0.506. The second-order valence-electron chi connectivity index (χ2n) is 6.82. The van der Waals surface area contributed by atoms with Crippen LogP contribution in [0.15, 0.2) is 12.4 Å². The van der Waals surface area contributed by atoms with E-state index in [1.807, 2.05) is 4.90 Å². The van der Waals surface area contributed by atoms with Crippen molar-refractivity contribution in [2.24, 2.45) is 0 Å². The minimum absolute atomic E-state index is 0.0297. The Balaban J connectivity index is 1.82. The lowest BCUT2D eigenvalue weighted by molar-refractivity contribution is -0.126. The lowest BCUT2D eigenvalue weighted by Gasteiger charge is -2.26. The highest BCUT2D eigenvalue weighted by Crippen LogP contribution is 2.36. The molecule has 2 aromatic heterocycles. The number of thiophene rings is 1. The molecule has 0 spiro atoms. The van der Waals surface area contributed by atoms with Crippen LogP contribution >= 0.6 is 11.3 Å². The molecule has 1 aliphatic rings. The quantitative estimate of drug-likeness (QED) is 0.647. The van der Waals surface area contributed by atoms with E-state index in [-0.39, 0.29) is 23.8 Å². The van der Waals surface area contributed by atoms with Gasteiger partial charge >= 0.3 is 12.3 Å². The molecule has 0 aromatic carbocycles. The molecule has 1 aliphatic carbocycles. The second kappa shape index (κ2) is 8.67. The number of alkyl halides is 3. The van der Waals surface area contributed by atoms with Crippen LogP contribution in [0.1, 0.15) is 17.7 Å². The van der Waals surface area contributed by atoms with Gasteiger partial charge in [0.25, 0.3) is 0 Å². The molecule has 0 radical (unpaired) electrons. The van der Waals surface area contributed by atoms with Crippen molar-refractivity contribution in [3.05, 3.63) is 17.3 Å². The van der Waals surface area contributed by atoms with Gasteiger partial charge in [0.15, 0.2) is 0 Å². The number of carboxylic acid groups (broad SMARTS) is 1. The van der Waals surface area contributed by atoms with E-state index < -0.39 is 24.7 Å². The predicted octanol–water partition coefficient (Wildman–Crippen LogP) is 3.02. The Bertz CT molecular complexity index is 863. The van der Waals surface area contributed by atoms with Gasteiger partial charge in [0.1, 0.15) is 23.8 Å². The van der Waals surface area contributed by atoms with Gasteiger partial charge in [-0.3, -0.25) is 0 Å². The first kappa shape index (κ1) is 21.5. The summed E-state index contributed by atoms with van der Waals surface area (Å²) in [6.45, 7) is 0.0297. The summed E-state index contributed by atoms with van der Waals surface area (Å²) in [4.78, 5) is 21.9. The van der Waals surface area contributed by atoms with Crippen molar-refractivity contribution in [3.8, 4) is 0 Å². The maximum Gasteiger partial charge on any atom is 0.404 e. The Morgan fingerprint density at radius 3 is 2.83 bits per heavy atom. The fourth-order valence-electron chi connectivity index (χ4n) is 3.57. The molecule has 2 aromatic rings. The van der Waals surface area contributed by atoms with Gasteiger partial charge in [-0.1, -0.05) is 0 Å². The summed E-state index contributed by atoms with van der Waals surface area (Å²) in [6, 6.07) is 0.911. The smallest absolute Gasteiger partial charge is 0.404 e. The number of rotatable bonds is 7. The molecule has 1 fully saturated rings. The standard InChI is InChI=1S/C17H21F3N4O4S/c1-24(9-3-12(23-16(25)26)13(4-9)28-8-27-2)14-11-5-10(6-17(18,19)20)29-15(11)22-7-21-14/h5,7,9,12-13,23H,3-4,6,8H2,1-2H3,(H,25,26)/t9-,12+,13+/m0/s1. The number of hydrogen-bond acceptors (Lipinski definition) is 7. The number of aromatic nitrogens is 2. The Morgan fingerprint density at radius 1 is 1.41 bits per heavy atom. The van der Waals surface area contributed by atoms with Crippen molar-refractivity contribution >= 4 is 33.5 Å². The van der Waals surface area contributed by atoms with E-state index in [2.05, 4.69) is 15.3 Å². The fraction of sp³-hybridized carbons (Fsp3) is 0.588. The minimum Gasteiger partial charge on any atom is -0.465 e. The van der Waals surface area contributed by atoms with Crippen molar-refractivity contribution in [3.63, 3.8) is 0 Å². The molecule has 2 N–H and O–H groups in total. The SMILES string of the molecule is COCO[C@@H]1C[C@@H](N(C)c2ncnc3sc(CC(F)(F)F)cc23)C[C@H]1NC(=O)O. The number of carbonyl (C=O) groups is 1. The van der Waals surface area contributed by atoms with E-state index >= 15 is 0 Å². The highest BCUT2D eigenvalue weighted by Gasteiger charge is 2.39. The summed E-state index contributed by atoms with van der Waals surface area (Å²) in [5, 5.41) is 12.1. The van der Waals surface area contributed by atoms with Crippen LogP contribution in [0, 0.1) is 0 Å². The molecule has 3 rings (SSSR count). The first-order valence-electron chi connectivity index (χ1n) is 8.81. The molecule has 0 bridgehead atoms. The Morgan fingerprint density at radius 2 is 2.17 bits per heavy atom. The van der Waals surface area contributed by atoms with E-state index in [1.165, 1.54) is 19.5 Å².